The molecule has 2 N–H and O–H groups in total. The van der Waals surface area contributed by atoms with E-state index in [9.17, 15) is 13.2 Å². The Kier molecular flexibility index (Phi) is 4.22. The fourth-order valence-corrected chi connectivity index (χ4v) is 1.91. The third-order valence-corrected chi connectivity index (χ3v) is 3.12. The zero-order chi connectivity index (χ0) is 15.6. The maximum Gasteiger partial charge on any atom is 0.433 e. The van der Waals surface area contributed by atoms with Crippen molar-refractivity contribution in [2.24, 2.45) is 0 Å². The van der Waals surface area contributed by atoms with Gasteiger partial charge in [-0.1, -0.05) is 11.6 Å². The van der Waals surface area contributed by atoms with Crippen LogP contribution in [0.4, 0.5) is 24.8 Å². The SMILES string of the molecule is CN(Cc1cc(N)ccc1Cl)c1nccc(C(F)(F)F)n1. The van der Waals surface area contributed by atoms with E-state index in [2.05, 4.69) is 9.97 Å². The quantitative estimate of drug-likeness (QED) is 0.882. The molecule has 21 heavy (non-hydrogen) atoms. The van der Waals surface area contributed by atoms with Crippen molar-refractivity contribution in [3.63, 3.8) is 0 Å². The lowest BCUT2D eigenvalue weighted by Crippen LogP contribution is -2.21. The monoisotopic (exact) mass is 316 g/mol. The van der Waals surface area contributed by atoms with Gasteiger partial charge in [0.05, 0.1) is 0 Å². The van der Waals surface area contributed by atoms with E-state index < -0.39 is 11.9 Å². The largest absolute Gasteiger partial charge is 0.433 e. The molecule has 112 valence electrons. The third kappa shape index (κ3) is 3.75. The molecule has 0 amide bonds. The standard InChI is InChI=1S/C13H12ClF3N4/c1-21(7-8-6-9(18)2-3-10(8)14)12-19-5-4-11(20-12)13(15,16)17/h2-6H,7,18H2,1H3. The lowest BCUT2D eigenvalue weighted by Gasteiger charge is -2.19. The molecule has 0 saturated carbocycles. The van der Waals surface area contributed by atoms with Crippen LogP contribution in [0.3, 0.4) is 0 Å². The highest BCUT2D eigenvalue weighted by Gasteiger charge is 2.33. The highest BCUT2D eigenvalue weighted by Crippen LogP contribution is 2.28. The molecule has 0 fully saturated rings. The van der Waals surface area contributed by atoms with Gasteiger partial charge in [-0.15, -0.1) is 0 Å². The molecule has 0 bridgehead atoms. The minimum atomic E-state index is -4.51. The summed E-state index contributed by atoms with van der Waals surface area (Å²) in [6.07, 6.45) is -3.43. The zero-order valence-corrected chi connectivity index (χ0v) is 11.8. The summed E-state index contributed by atoms with van der Waals surface area (Å²) in [5, 5.41) is 0.475. The van der Waals surface area contributed by atoms with Crippen LogP contribution in [0.5, 0.6) is 0 Å². The summed E-state index contributed by atoms with van der Waals surface area (Å²) in [6.45, 7) is 0.241. The number of rotatable bonds is 3. The van der Waals surface area contributed by atoms with Crippen LogP contribution in [-0.2, 0) is 12.7 Å². The van der Waals surface area contributed by atoms with Crippen molar-refractivity contribution in [3.05, 3.63) is 46.7 Å². The van der Waals surface area contributed by atoms with E-state index in [0.29, 0.717) is 16.3 Å². The van der Waals surface area contributed by atoms with Crippen molar-refractivity contribution in [2.75, 3.05) is 17.7 Å². The summed E-state index contributed by atoms with van der Waals surface area (Å²) in [4.78, 5) is 8.82. The Balaban J connectivity index is 2.24. The number of nitrogens with two attached hydrogens (primary N) is 1. The molecule has 0 atom stereocenters. The van der Waals surface area contributed by atoms with Gasteiger partial charge in [-0.05, 0) is 29.8 Å². The Bertz CT molecular complexity index is 646. The second-order valence-electron chi connectivity index (χ2n) is 4.45. The van der Waals surface area contributed by atoms with Gasteiger partial charge >= 0.3 is 6.18 Å². The molecule has 0 unspecified atom stereocenters. The smallest absolute Gasteiger partial charge is 0.399 e. The van der Waals surface area contributed by atoms with Gasteiger partial charge in [-0.3, -0.25) is 0 Å². The molecule has 2 aromatic rings. The van der Waals surface area contributed by atoms with Crippen LogP contribution in [-0.4, -0.2) is 17.0 Å². The van der Waals surface area contributed by atoms with Gasteiger partial charge in [-0.2, -0.15) is 13.2 Å². The summed E-state index contributed by atoms with van der Waals surface area (Å²) >= 11 is 6.03. The van der Waals surface area contributed by atoms with Crippen molar-refractivity contribution in [3.8, 4) is 0 Å². The van der Waals surface area contributed by atoms with Crippen molar-refractivity contribution < 1.29 is 13.2 Å². The van der Waals surface area contributed by atoms with E-state index >= 15 is 0 Å². The van der Waals surface area contributed by atoms with E-state index in [1.165, 1.54) is 4.90 Å². The van der Waals surface area contributed by atoms with E-state index in [4.69, 9.17) is 17.3 Å². The summed E-state index contributed by atoms with van der Waals surface area (Å²) < 4.78 is 37.9. The number of anilines is 2. The summed E-state index contributed by atoms with van der Waals surface area (Å²) in [5.74, 6) is -0.0386. The Morgan fingerprint density at radius 2 is 2.00 bits per heavy atom. The maximum absolute atomic E-state index is 12.6. The number of nitrogen functional groups attached to an aromatic ring is 1. The van der Waals surface area contributed by atoms with E-state index in [1.54, 1.807) is 25.2 Å². The molecule has 4 nitrogen and oxygen atoms in total. The molecule has 0 aliphatic carbocycles. The Morgan fingerprint density at radius 1 is 1.29 bits per heavy atom. The number of hydrogen-bond acceptors (Lipinski definition) is 4. The number of benzene rings is 1. The summed E-state index contributed by atoms with van der Waals surface area (Å²) in [7, 11) is 1.58. The minimum Gasteiger partial charge on any atom is -0.399 e. The second-order valence-corrected chi connectivity index (χ2v) is 4.85. The Hall–Kier alpha value is -2.02. The molecule has 1 aromatic heterocycles. The number of halogens is 4. The zero-order valence-electron chi connectivity index (χ0n) is 11.0. The van der Waals surface area contributed by atoms with E-state index in [-0.39, 0.29) is 12.5 Å². The van der Waals surface area contributed by atoms with Crippen molar-refractivity contribution in [2.45, 2.75) is 12.7 Å². The predicted molar refractivity (Wildman–Crippen MR) is 75.0 cm³/mol. The predicted octanol–water partition coefficient (Wildman–Crippen LogP) is 3.37. The van der Waals surface area contributed by atoms with Gasteiger partial charge in [-0.25, -0.2) is 9.97 Å². The lowest BCUT2D eigenvalue weighted by molar-refractivity contribution is -0.141. The van der Waals surface area contributed by atoms with Gasteiger partial charge < -0.3 is 10.6 Å². The lowest BCUT2D eigenvalue weighted by atomic mass is 10.2. The molecule has 0 saturated heterocycles. The topological polar surface area (TPSA) is 55.0 Å². The molecule has 8 heteroatoms. The third-order valence-electron chi connectivity index (χ3n) is 2.75. The molecule has 2 rings (SSSR count). The van der Waals surface area contributed by atoms with E-state index in [0.717, 1.165) is 12.3 Å². The summed E-state index contributed by atoms with van der Waals surface area (Å²) in [5.41, 5.74) is 5.88. The summed E-state index contributed by atoms with van der Waals surface area (Å²) in [6, 6.07) is 5.76. The van der Waals surface area contributed by atoms with Gasteiger partial charge in [0.15, 0.2) is 0 Å². The van der Waals surface area contributed by atoms with Crippen LogP contribution < -0.4 is 10.6 Å². The van der Waals surface area contributed by atoms with Gasteiger partial charge in [0.2, 0.25) is 5.95 Å². The van der Waals surface area contributed by atoms with Gasteiger partial charge in [0.25, 0.3) is 0 Å². The maximum atomic E-state index is 12.6. The number of alkyl halides is 3. The molecule has 0 aliphatic heterocycles. The number of nitrogens with zero attached hydrogens (tertiary/aromatic N) is 3. The van der Waals surface area contributed by atoms with Crippen molar-refractivity contribution in [1.82, 2.24) is 9.97 Å². The highest BCUT2D eigenvalue weighted by atomic mass is 35.5. The molecular formula is C13H12ClF3N4. The Morgan fingerprint density at radius 3 is 2.67 bits per heavy atom. The normalized spacial score (nSPS) is 11.5. The number of hydrogen-bond donors (Lipinski definition) is 1. The van der Waals surface area contributed by atoms with Gasteiger partial charge in [0, 0.05) is 30.5 Å². The van der Waals surface area contributed by atoms with E-state index in [1.807, 2.05) is 0 Å². The Labute approximate surface area is 124 Å². The molecule has 0 aliphatic rings. The molecule has 0 radical (unpaired) electrons. The van der Waals surface area contributed by atoms with Crippen molar-refractivity contribution >= 4 is 23.2 Å². The first-order valence-electron chi connectivity index (χ1n) is 5.92. The molecule has 1 heterocycles. The van der Waals surface area contributed by atoms with Gasteiger partial charge in [0.1, 0.15) is 5.69 Å². The second kappa shape index (κ2) is 5.77. The van der Waals surface area contributed by atoms with Crippen LogP contribution in [0.2, 0.25) is 5.02 Å². The first kappa shape index (κ1) is 15.4. The van der Waals surface area contributed by atoms with Crippen molar-refractivity contribution in [1.29, 1.82) is 0 Å². The van der Waals surface area contributed by atoms with Crippen LogP contribution >= 0.6 is 11.6 Å². The van der Waals surface area contributed by atoms with Crippen LogP contribution in [0, 0.1) is 0 Å². The number of aromatic nitrogens is 2. The molecular weight excluding hydrogens is 305 g/mol. The molecule has 1 aromatic carbocycles. The average Bonchev–Trinajstić information content (AvgIpc) is 2.42. The average molecular weight is 317 g/mol. The molecule has 0 spiro atoms. The first-order valence-corrected chi connectivity index (χ1v) is 6.30. The van der Waals surface area contributed by atoms with Crippen LogP contribution in [0.15, 0.2) is 30.5 Å². The first-order chi connectivity index (χ1) is 9.77. The minimum absolute atomic E-state index is 0.0386. The highest BCUT2D eigenvalue weighted by molar-refractivity contribution is 6.31. The van der Waals surface area contributed by atoms with Crippen LogP contribution in [0.25, 0.3) is 0 Å². The fourth-order valence-electron chi connectivity index (χ4n) is 1.73. The van der Waals surface area contributed by atoms with Crippen LogP contribution in [0.1, 0.15) is 11.3 Å². The fraction of sp³-hybridized carbons (Fsp3) is 0.231.